The second kappa shape index (κ2) is 3.94. The first kappa shape index (κ1) is 9.58. The van der Waals surface area contributed by atoms with E-state index >= 15 is 0 Å². The van der Waals surface area contributed by atoms with Crippen molar-refractivity contribution in [1.29, 1.82) is 0 Å². The number of hydrogen-bond donors (Lipinski definition) is 1. The molecule has 0 saturated carbocycles. The molecule has 70 valence electrons. The van der Waals surface area contributed by atoms with Gasteiger partial charge in [-0.15, -0.1) is 0 Å². The predicted molar refractivity (Wildman–Crippen MR) is 55.0 cm³/mol. The number of nitrogens with zero attached hydrogens (tertiary/aromatic N) is 1. The topological polar surface area (TPSA) is 34.1 Å². The maximum Gasteiger partial charge on any atom is 0.214 e. The Morgan fingerprint density at radius 3 is 2.69 bits per heavy atom. The molecule has 1 heterocycles. The third kappa shape index (κ3) is 1.99. The first-order valence-electron chi connectivity index (χ1n) is 4.07. The van der Waals surface area contributed by atoms with Crippen molar-refractivity contribution < 1.29 is 4.74 Å². The van der Waals surface area contributed by atoms with Gasteiger partial charge in [0, 0.05) is 18.7 Å². The Kier molecular flexibility index (Phi) is 2.90. The fraction of sp³-hybridized carbons (Fsp3) is 0.300. The quantitative estimate of drug-likeness (QED) is 0.770. The lowest BCUT2D eigenvalue weighted by Crippen LogP contribution is -1.98. The summed E-state index contributed by atoms with van der Waals surface area (Å²) in [4.78, 5) is 4.24. The van der Waals surface area contributed by atoms with Crippen molar-refractivity contribution in [1.82, 2.24) is 4.98 Å². The molecule has 13 heavy (non-hydrogen) atoms. The smallest absolute Gasteiger partial charge is 0.214 e. The van der Waals surface area contributed by atoms with Gasteiger partial charge in [-0.3, -0.25) is 0 Å². The Balaban J connectivity index is 3.15. The van der Waals surface area contributed by atoms with Crippen LogP contribution in [0, 0.1) is 0 Å². The highest BCUT2D eigenvalue weighted by molar-refractivity contribution is 5.71. The monoisotopic (exact) mass is 178 g/mol. The molecule has 3 nitrogen and oxygen atoms in total. The number of allylic oxidation sites excluding steroid dienone is 1. The molecule has 0 atom stereocenters. The number of pyridine rings is 1. The third-order valence-corrected chi connectivity index (χ3v) is 1.78. The van der Waals surface area contributed by atoms with E-state index in [4.69, 9.17) is 4.74 Å². The lowest BCUT2D eigenvalue weighted by atomic mass is 10.1. The van der Waals surface area contributed by atoms with Gasteiger partial charge in [-0.1, -0.05) is 6.58 Å². The number of nitrogens with one attached hydrogen (secondary N) is 1. The minimum Gasteiger partial charge on any atom is -0.481 e. The van der Waals surface area contributed by atoms with Gasteiger partial charge in [-0.05, 0) is 18.6 Å². The number of rotatable bonds is 3. The molecule has 3 heteroatoms. The largest absolute Gasteiger partial charge is 0.481 e. The summed E-state index contributed by atoms with van der Waals surface area (Å²) >= 11 is 0. The highest BCUT2D eigenvalue weighted by atomic mass is 16.5. The van der Waals surface area contributed by atoms with Crippen LogP contribution in [0.15, 0.2) is 18.7 Å². The molecule has 0 radical (unpaired) electrons. The summed E-state index contributed by atoms with van der Waals surface area (Å²) in [6.07, 6.45) is 0. The van der Waals surface area contributed by atoms with Gasteiger partial charge in [0.1, 0.15) is 5.82 Å². The molecule has 0 bridgehead atoms. The van der Waals surface area contributed by atoms with E-state index in [-0.39, 0.29) is 0 Å². The van der Waals surface area contributed by atoms with Crippen LogP contribution in [0.1, 0.15) is 12.5 Å². The molecule has 0 saturated heterocycles. The standard InChI is InChI=1S/C10H14N2O/c1-7(2)8-5-6-9(13-4)12-10(8)11-3/h5-6H,1H2,2-4H3,(H,11,12). The van der Waals surface area contributed by atoms with E-state index in [2.05, 4.69) is 16.9 Å². The maximum atomic E-state index is 5.01. The molecule has 0 spiro atoms. The summed E-state index contributed by atoms with van der Waals surface area (Å²) in [5.41, 5.74) is 2.00. The van der Waals surface area contributed by atoms with Gasteiger partial charge < -0.3 is 10.1 Å². The van der Waals surface area contributed by atoms with Crippen molar-refractivity contribution in [2.75, 3.05) is 19.5 Å². The van der Waals surface area contributed by atoms with Gasteiger partial charge in [0.2, 0.25) is 5.88 Å². The van der Waals surface area contributed by atoms with Crippen LogP contribution in [-0.4, -0.2) is 19.1 Å². The Morgan fingerprint density at radius 2 is 2.23 bits per heavy atom. The summed E-state index contributed by atoms with van der Waals surface area (Å²) in [6.45, 7) is 5.82. The van der Waals surface area contributed by atoms with Crippen molar-refractivity contribution in [2.45, 2.75) is 6.92 Å². The van der Waals surface area contributed by atoms with E-state index in [9.17, 15) is 0 Å². The van der Waals surface area contributed by atoms with Gasteiger partial charge in [0.15, 0.2) is 0 Å². The number of ether oxygens (including phenoxy) is 1. The number of hydrogen-bond acceptors (Lipinski definition) is 3. The van der Waals surface area contributed by atoms with Crippen LogP contribution in [0.2, 0.25) is 0 Å². The van der Waals surface area contributed by atoms with E-state index in [0.29, 0.717) is 5.88 Å². The number of methoxy groups -OCH3 is 1. The van der Waals surface area contributed by atoms with Crippen molar-refractivity contribution in [3.05, 3.63) is 24.3 Å². The molecule has 0 fully saturated rings. The van der Waals surface area contributed by atoms with Crippen LogP contribution < -0.4 is 10.1 Å². The minimum atomic E-state index is 0.606. The molecule has 0 aliphatic carbocycles. The zero-order chi connectivity index (χ0) is 9.84. The number of aromatic nitrogens is 1. The Labute approximate surface area is 78.4 Å². The molecular weight excluding hydrogens is 164 g/mol. The first-order valence-corrected chi connectivity index (χ1v) is 4.07. The van der Waals surface area contributed by atoms with Crippen molar-refractivity contribution in [3.8, 4) is 5.88 Å². The van der Waals surface area contributed by atoms with E-state index in [1.54, 1.807) is 7.11 Å². The van der Waals surface area contributed by atoms with Crippen LogP contribution in [0.3, 0.4) is 0 Å². The second-order valence-electron chi connectivity index (χ2n) is 2.78. The molecule has 1 N–H and O–H groups in total. The van der Waals surface area contributed by atoms with Gasteiger partial charge in [-0.25, -0.2) is 0 Å². The van der Waals surface area contributed by atoms with Gasteiger partial charge in [-0.2, -0.15) is 4.98 Å². The van der Waals surface area contributed by atoms with E-state index in [0.717, 1.165) is 17.0 Å². The summed E-state index contributed by atoms with van der Waals surface area (Å²) in [6, 6.07) is 3.77. The Morgan fingerprint density at radius 1 is 1.54 bits per heavy atom. The molecule has 0 aromatic carbocycles. The van der Waals surface area contributed by atoms with E-state index in [1.807, 2.05) is 26.1 Å². The molecule has 1 aromatic rings. The van der Waals surface area contributed by atoms with Crippen LogP contribution >= 0.6 is 0 Å². The summed E-state index contributed by atoms with van der Waals surface area (Å²) in [7, 11) is 3.43. The Bertz CT molecular complexity index is 321. The fourth-order valence-electron chi connectivity index (χ4n) is 1.09. The molecule has 1 aromatic heterocycles. The average molecular weight is 178 g/mol. The fourth-order valence-corrected chi connectivity index (χ4v) is 1.09. The first-order chi connectivity index (χ1) is 6.19. The van der Waals surface area contributed by atoms with Crippen molar-refractivity contribution in [2.24, 2.45) is 0 Å². The van der Waals surface area contributed by atoms with Gasteiger partial charge >= 0.3 is 0 Å². The molecule has 1 rings (SSSR count). The summed E-state index contributed by atoms with van der Waals surface area (Å²) in [5.74, 6) is 1.40. The third-order valence-electron chi connectivity index (χ3n) is 1.78. The lowest BCUT2D eigenvalue weighted by Gasteiger charge is -2.08. The van der Waals surface area contributed by atoms with E-state index in [1.165, 1.54) is 0 Å². The molecule has 0 amide bonds. The second-order valence-corrected chi connectivity index (χ2v) is 2.78. The van der Waals surface area contributed by atoms with Crippen LogP contribution in [0.5, 0.6) is 5.88 Å². The summed E-state index contributed by atoms with van der Waals surface area (Å²) < 4.78 is 5.01. The molecule has 0 aliphatic rings. The van der Waals surface area contributed by atoms with Crippen molar-refractivity contribution >= 4 is 11.4 Å². The zero-order valence-corrected chi connectivity index (χ0v) is 8.22. The van der Waals surface area contributed by atoms with Crippen molar-refractivity contribution in [3.63, 3.8) is 0 Å². The highest BCUT2D eigenvalue weighted by Gasteiger charge is 2.04. The van der Waals surface area contributed by atoms with Crippen LogP contribution in [-0.2, 0) is 0 Å². The predicted octanol–water partition coefficient (Wildman–Crippen LogP) is 2.17. The minimum absolute atomic E-state index is 0.606. The average Bonchev–Trinajstić information content (AvgIpc) is 2.16. The van der Waals surface area contributed by atoms with Gasteiger partial charge in [0.05, 0.1) is 7.11 Å². The molecular formula is C10H14N2O. The van der Waals surface area contributed by atoms with Crippen LogP contribution in [0.25, 0.3) is 5.57 Å². The Hall–Kier alpha value is -1.51. The molecule has 0 aliphatic heterocycles. The number of anilines is 1. The highest BCUT2D eigenvalue weighted by Crippen LogP contribution is 2.22. The lowest BCUT2D eigenvalue weighted by molar-refractivity contribution is 0.398. The SMILES string of the molecule is C=C(C)c1ccc(OC)nc1NC. The van der Waals surface area contributed by atoms with Crippen LogP contribution in [0.4, 0.5) is 5.82 Å². The molecule has 0 unspecified atom stereocenters. The van der Waals surface area contributed by atoms with Gasteiger partial charge in [0.25, 0.3) is 0 Å². The normalized spacial score (nSPS) is 9.46. The maximum absolute atomic E-state index is 5.01. The zero-order valence-electron chi connectivity index (χ0n) is 8.22. The summed E-state index contributed by atoms with van der Waals surface area (Å²) in [5, 5.41) is 3.00. The van der Waals surface area contributed by atoms with E-state index < -0.39 is 0 Å².